The smallest absolute Gasteiger partial charge is 0.435 e. The Morgan fingerprint density at radius 2 is 1.69 bits per heavy atom. The van der Waals surface area contributed by atoms with E-state index in [0.717, 1.165) is 22.3 Å². The first-order valence-electron chi connectivity index (χ1n) is 9.49. The number of amides is 1. The van der Waals surface area contributed by atoms with Crippen LogP contribution in [-0.4, -0.2) is 32.3 Å². The quantitative estimate of drug-likeness (QED) is 0.490. The Kier molecular flexibility index (Phi) is 5.43. The lowest BCUT2D eigenvalue weighted by Gasteiger charge is -2.10. The van der Waals surface area contributed by atoms with E-state index in [1.807, 2.05) is 11.5 Å². The fraction of sp³-hybridized carbons (Fsp3) is 0.136. The minimum atomic E-state index is -4.70. The van der Waals surface area contributed by atoms with Crippen molar-refractivity contribution in [2.24, 2.45) is 0 Å². The number of nitrogens with one attached hydrogen (secondary N) is 1. The number of aromatic nitrogens is 4. The summed E-state index contributed by atoms with van der Waals surface area (Å²) in [6.07, 6.45) is -1.23. The Bertz CT molecular complexity index is 1240. The molecule has 0 fully saturated rings. The Hall–Kier alpha value is -4.08. The van der Waals surface area contributed by atoms with Crippen molar-refractivity contribution >= 4 is 11.6 Å². The molecule has 2 heterocycles. The van der Waals surface area contributed by atoms with Crippen molar-refractivity contribution in [1.82, 2.24) is 19.3 Å². The fourth-order valence-corrected chi connectivity index (χ4v) is 3.15. The number of carbonyl (C=O) groups is 1. The van der Waals surface area contributed by atoms with E-state index in [-0.39, 0.29) is 11.4 Å². The van der Waals surface area contributed by atoms with E-state index in [0.29, 0.717) is 11.4 Å². The number of benzene rings is 2. The molecule has 0 bridgehead atoms. The van der Waals surface area contributed by atoms with Gasteiger partial charge in [0.2, 0.25) is 0 Å². The van der Waals surface area contributed by atoms with Crippen LogP contribution in [0, 0.1) is 6.92 Å². The van der Waals surface area contributed by atoms with E-state index in [1.165, 1.54) is 19.2 Å². The summed E-state index contributed by atoms with van der Waals surface area (Å²) < 4.78 is 47.7. The number of aryl methyl sites for hydroxylation is 1. The first kappa shape index (κ1) is 21.2. The summed E-state index contributed by atoms with van der Waals surface area (Å²) in [4.78, 5) is 17.0. The molecule has 1 N–H and O–H groups in total. The summed E-state index contributed by atoms with van der Waals surface area (Å²) in [6.45, 7) is 1.86. The summed E-state index contributed by atoms with van der Waals surface area (Å²) in [7, 11) is 1.48. The van der Waals surface area contributed by atoms with Gasteiger partial charge in [-0.1, -0.05) is 0 Å². The van der Waals surface area contributed by atoms with Gasteiger partial charge in [-0.2, -0.15) is 18.3 Å². The molecule has 0 radical (unpaired) electrons. The second kappa shape index (κ2) is 8.22. The van der Waals surface area contributed by atoms with Crippen LogP contribution < -0.4 is 10.1 Å². The highest BCUT2D eigenvalue weighted by Gasteiger charge is 2.36. The fourth-order valence-electron chi connectivity index (χ4n) is 3.15. The summed E-state index contributed by atoms with van der Waals surface area (Å²) in [5.74, 6) is 0.594. The van der Waals surface area contributed by atoms with Crippen molar-refractivity contribution in [2.45, 2.75) is 13.1 Å². The number of methoxy groups -OCH3 is 1. The maximum absolute atomic E-state index is 13.3. The molecule has 0 unspecified atom stereocenters. The van der Waals surface area contributed by atoms with Crippen LogP contribution in [0.1, 0.15) is 22.0 Å². The number of nitrogens with zero attached hydrogens (tertiary/aromatic N) is 4. The highest BCUT2D eigenvalue weighted by Crippen LogP contribution is 2.30. The Morgan fingerprint density at radius 1 is 1.03 bits per heavy atom. The zero-order valence-corrected chi connectivity index (χ0v) is 17.1. The number of hydrogen-bond donors (Lipinski definition) is 1. The lowest BCUT2D eigenvalue weighted by Crippen LogP contribution is -2.17. The predicted molar refractivity (Wildman–Crippen MR) is 111 cm³/mol. The molecule has 32 heavy (non-hydrogen) atoms. The number of ether oxygens (including phenoxy) is 1. The number of anilines is 1. The zero-order chi connectivity index (χ0) is 22.9. The minimum absolute atomic E-state index is 0.253. The first-order valence-corrected chi connectivity index (χ1v) is 9.49. The van der Waals surface area contributed by atoms with Gasteiger partial charge in [-0.25, -0.2) is 9.67 Å². The van der Waals surface area contributed by atoms with Gasteiger partial charge in [-0.15, -0.1) is 0 Å². The normalized spacial score (nSPS) is 11.4. The first-order chi connectivity index (χ1) is 15.3. The van der Waals surface area contributed by atoms with E-state index in [2.05, 4.69) is 15.4 Å². The molecule has 0 aliphatic rings. The van der Waals surface area contributed by atoms with Gasteiger partial charge < -0.3 is 14.6 Å². The second-order valence-electron chi connectivity index (χ2n) is 6.87. The van der Waals surface area contributed by atoms with E-state index < -0.39 is 17.8 Å². The largest absolute Gasteiger partial charge is 0.497 e. The average molecular weight is 441 g/mol. The monoisotopic (exact) mass is 441 g/mol. The van der Waals surface area contributed by atoms with Gasteiger partial charge in [0.25, 0.3) is 5.91 Å². The molecule has 0 aliphatic carbocycles. The summed E-state index contributed by atoms with van der Waals surface area (Å²) in [5, 5.41) is 6.23. The molecule has 4 rings (SSSR count). The van der Waals surface area contributed by atoms with Crippen LogP contribution in [0.5, 0.6) is 5.75 Å². The summed E-state index contributed by atoms with van der Waals surface area (Å²) >= 11 is 0. The van der Waals surface area contributed by atoms with Gasteiger partial charge >= 0.3 is 6.18 Å². The van der Waals surface area contributed by atoms with Gasteiger partial charge in [0, 0.05) is 29.8 Å². The number of halogens is 3. The number of alkyl halides is 3. The highest BCUT2D eigenvalue weighted by atomic mass is 19.4. The third-order valence-electron chi connectivity index (χ3n) is 4.78. The van der Waals surface area contributed by atoms with E-state index in [4.69, 9.17) is 4.74 Å². The number of rotatable bonds is 5. The van der Waals surface area contributed by atoms with Gasteiger partial charge in [-0.05, 0) is 55.5 Å². The SMILES string of the molecule is COc1ccc(-n2nc(C(F)(F)F)cc2C(=O)Nc2ccc(-n3ccnc3C)cc2)cc1. The van der Waals surface area contributed by atoms with Crippen molar-refractivity contribution in [3.8, 4) is 17.1 Å². The predicted octanol–water partition coefficient (Wildman–Crippen LogP) is 4.65. The highest BCUT2D eigenvalue weighted by molar-refractivity contribution is 6.03. The Morgan fingerprint density at radius 3 is 2.25 bits per heavy atom. The molecule has 0 saturated heterocycles. The van der Waals surface area contributed by atoms with Gasteiger partial charge in [0.15, 0.2) is 5.69 Å². The van der Waals surface area contributed by atoms with E-state index >= 15 is 0 Å². The van der Waals surface area contributed by atoms with Gasteiger partial charge in [0.1, 0.15) is 17.3 Å². The number of carbonyl (C=O) groups excluding carboxylic acids is 1. The van der Waals surface area contributed by atoms with Crippen LogP contribution in [0.2, 0.25) is 0 Å². The van der Waals surface area contributed by atoms with Crippen LogP contribution in [-0.2, 0) is 6.18 Å². The molecule has 7 nitrogen and oxygen atoms in total. The molecule has 2 aromatic carbocycles. The third kappa shape index (κ3) is 4.20. The van der Waals surface area contributed by atoms with E-state index in [9.17, 15) is 18.0 Å². The third-order valence-corrected chi connectivity index (χ3v) is 4.78. The lowest BCUT2D eigenvalue weighted by atomic mass is 10.2. The topological polar surface area (TPSA) is 74.0 Å². The number of hydrogen-bond acceptors (Lipinski definition) is 4. The van der Waals surface area contributed by atoms with Gasteiger partial charge in [-0.3, -0.25) is 4.79 Å². The molecule has 1 amide bonds. The molecule has 164 valence electrons. The Balaban J connectivity index is 1.63. The van der Waals surface area contributed by atoms with Crippen molar-refractivity contribution in [2.75, 3.05) is 12.4 Å². The van der Waals surface area contributed by atoms with Crippen LogP contribution in [0.3, 0.4) is 0 Å². The molecule has 4 aromatic rings. The summed E-state index contributed by atoms with van der Waals surface area (Å²) in [5.41, 5.74) is 0.131. The molecular weight excluding hydrogens is 423 g/mol. The van der Waals surface area contributed by atoms with Crippen molar-refractivity contribution < 1.29 is 22.7 Å². The lowest BCUT2D eigenvalue weighted by molar-refractivity contribution is -0.141. The molecular formula is C22H18F3N5O2. The van der Waals surface area contributed by atoms with Crippen LogP contribution in [0.4, 0.5) is 18.9 Å². The summed E-state index contributed by atoms with van der Waals surface area (Å²) in [6, 6.07) is 13.8. The second-order valence-corrected chi connectivity index (χ2v) is 6.87. The molecule has 10 heteroatoms. The maximum Gasteiger partial charge on any atom is 0.435 e. The molecule has 0 saturated carbocycles. The van der Waals surface area contributed by atoms with E-state index in [1.54, 1.807) is 48.8 Å². The van der Waals surface area contributed by atoms with Crippen LogP contribution >= 0.6 is 0 Å². The Labute approximate surface area is 181 Å². The van der Waals surface area contributed by atoms with Crippen molar-refractivity contribution in [3.63, 3.8) is 0 Å². The standard InChI is InChI=1S/C22H18F3N5O2/c1-14-26-11-12-29(14)16-5-3-15(4-6-16)27-21(31)19-13-20(22(23,24)25)28-30(19)17-7-9-18(32-2)10-8-17/h3-13H,1-2H3,(H,27,31). The van der Waals surface area contributed by atoms with Crippen molar-refractivity contribution in [1.29, 1.82) is 0 Å². The molecule has 0 atom stereocenters. The molecule has 2 aromatic heterocycles. The van der Waals surface area contributed by atoms with Crippen molar-refractivity contribution in [3.05, 3.63) is 84.2 Å². The van der Waals surface area contributed by atoms with Gasteiger partial charge in [0.05, 0.1) is 12.8 Å². The minimum Gasteiger partial charge on any atom is -0.497 e. The average Bonchev–Trinajstić information content (AvgIpc) is 3.41. The van der Waals surface area contributed by atoms with Crippen LogP contribution in [0.25, 0.3) is 11.4 Å². The maximum atomic E-state index is 13.3. The molecule has 0 spiro atoms. The number of imidazole rings is 1. The van der Waals surface area contributed by atoms with Crippen LogP contribution in [0.15, 0.2) is 67.0 Å². The zero-order valence-electron chi connectivity index (χ0n) is 17.1. The molecule has 0 aliphatic heterocycles.